The molecule has 0 spiro atoms. The molecule has 19 heavy (non-hydrogen) atoms. The number of likely N-dealkylation sites (tertiary alicyclic amines) is 1. The zero-order valence-corrected chi connectivity index (χ0v) is 13.8. The standard InChI is InChI=1S/C15H22ClNOSi/c1-19(2,3)13-9-7-8-12(16)14(13)15(18)17-10-5-4-6-11-17/h7-9H,4-6,10-11H2,1-3H3. The molecule has 104 valence electrons. The van der Waals surface area contributed by atoms with Crippen molar-refractivity contribution < 1.29 is 4.79 Å². The summed E-state index contributed by atoms with van der Waals surface area (Å²) in [5, 5.41) is 1.78. The Morgan fingerprint density at radius 3 is 2.37 bits per heavy atom. The molecule has 2 nitrogen and oxygen atoms in total. The van der Waals surface area contributed by atoms with E-state index in [1.54, 1.807) is 0 Å². The molecule has 1 fully saturated rings. The van der Waals surface area contributed by atoms with E-state index in [-0.39, 0.29) is 5.91 Å². The Bertz CT molecular complexity index is 476. The summed E-state index contributed by atoms with van der Waals surface area (Å²) in [5.74, 6) is 0.128. The van der Waals surface area contributed by atoms with Crippen LogP contribution in [0.1, 0.15) is 29.6 Å². The largest absolute Gasteiger partial charge is 0.339 e. The summed E-state index contributed by atoms with van der Waals surface area (Å²) in [4.78, 5) is 14.7. The Morgan fingerprint density at radius 1 is 1.16 bits per heavy atom. The highest BCUT2D eigenvalue weighted by Gasteiger charge is 2.28. The van der Waals surface area contributed by atoms with Gasteiger partial charge in [0.1, 0.15) is 0 Å². The predicted octanol–water partition coefficient (Wildman–Crippen LogP) is 3.51. The average Bonchev–Trinajstić information content (AvgIpc) is 2.37. The molecular formula is C15H22ClNOSi. The summed E-state index contributed by atoms with van der Waals surface area (Å²) in [6.07, 6.45) is 3.45. The molecule has 1 aliphatic heterocycles. The van der Waals surface area contributed by atoms with Crippen LogP contribution in [-0.2, 0) is 0 Å². The van der Waals surface area contributed by atoms with Gasteiger partial charge in [0.15, 0.2) is 0 Å². The topological polar surface area (TPSA) is 20.3 Å². The molecule has 0 aromatic heterocycles. The Kier molecular flexibility index (Phi) is 4.36. The summed E-state index contributed by atoms with van der Waals surface area (Å²) in [6, 6.07) is 5.88. The van der Waals surface area contributed by atoms with E-state index in [0.29, 0.717) is 5.02 Å². The first-order chi connectivity index (χ1) is 8.91. The number of piperidine rings is 1. The van der Waals surface area contributed by atoms with Gasteiger partial charge in [-0.25, -0.2) is 0 Å². The maximum atomic E-state index is 12.8. The van der Waals surface area contributed by atoms with E-state index in [1.165, 1.54) is 11.6 Å². The molecule has 0 unspecified atom stereocenters. The zero-order valence-electron chi connectivity index (χ0n) is 12.0. The monoisotopic (exact) mass is 295 g/mol. The molecule has 4 heteroatoms. The lowest BCUT2D eigenvalue weighted by Crippen LogP contribution is -2.45. The van der Waals surface area contributed by atoms with Gasteiger partial charge in [-0.1, -0.05) is 43.4 Å². The molecule has 0 atom stereocenters. The van der Waals surface area contributed by atoms with Crippen LogP contribution in [0.4, 0.5) is 0 Å². The van der Waals surface area contributed by atoms with Crippen LogP contribution in [0.15, 0.2) is 18.2 Å². The Balaban J connectivity index is 2.40. The lowest BCUT2D eigenvalue weighted by atomic mass is 10.1. The van der Waals surface area contributed by atoms with Gasteiger partial charge in [-0.3, -0.25) is 4.79 Å². The Labute approximate surface area is 121 Å². The lowest BCUT2D eigenvalue weighted by Gasteiger charge is -2.29. The van der Waals surface area contributed by atoms with Crippen molar-refractivity contribution in [2.75, 3.05) is 13.1 Å². The van der Waals surface area contributed by atoms with Crippen LogP contribution in [0, 0.1) is 0 Å². The highest BCUT2D eigenvalue weighted by atomic mass is 35.5. The summed E-state index contributed by atoms with van der Waals surface area (Å²) >= 11 is 6.32. The molecule has 0 radical (unpaired) electrons. The number of carbonyl (C=O) groups is 1. The van der Waals surface area contributed by atoms with Crippen molar-refractivity contribution in [1.29, 1.82) is 0 Å². The fraction of sp³-hybridized carbons (Fsp3) is 0.533. The van der Waals surface area contributed by atoms with Crippen molar-refractivity contribution in [1.82, 2.24) is 4.90 Å². The molecule has 1 aromatic carbocycles. The van der Waals surface area contributed by atoms with E-state index in [0.717, 1.165) is 31.5 Å². The van der Waals surface area contributed by atoms with Crippen LogP contribution in [0.25, 0.3) is 0 Å². The van der Waals surface area contributed by atoms with Crippen molar-refractivity contribution in [3.63, 3.8) is 0 Å². The van der Waals surface area contributed by atoms with E-state index in [2.05, 4.69) is 25.7 Å². The number of hydrogen-bond acceptors (Lipinski definition) is 1. The number of nitrogens with zero attached hydrogens (tertiary/aromatic N) is 1. The second kappa shape index (κ2) is 5.67. The highest BCUT2D eigenvalue weighted by molar-refractivity contribution is 6.89. The van der Waals surface area contributed by atoms with Crippen molar-refractivity contribution in [2.24, 2.45) is 0 Å². The van der Waals surface area contributed by atoms with E-state index < -0.39 is 8.07 Å². The molecule has 1 aliphatic rings. The Morgan fingerprint density at radius 2 is 1.79 bits per heavy atom. The predicted molar refractivity (Wildman–Crippen MR) is 84.2 cm³/mol. The molecule has 1 amide bonds. The van der Waals surface area contributed by atoms with Crippen LogP contribution in [0.3, 0.4) is 0 Å². The van der Waals surface area contributed by atoms with Crippen LogP contribution >= 0.6 is 11.6 Å². The average molecular weight is 296 g/mol. The zero-order chi connectivity index (χ0) is 14.0. The minimum atomic E-state index is -1.57. The molecule has 2 rings (SSSR count). The highest BCUT2D eigenvalue weighted by Crippen LogP contribution is 2.21. The van der Waals surface area contributed by atoms with Gasteiger partial charge in [0.05, 0.1) is 18.7 Å². The lowest BCUT2D eigenvalue weighted by molar-refractivity contribution is 0.0726. The molecule has 1 heterocycles. The maximum Gasteiger partial charge on any atom is 0.255 e. The van der Waals surface area contributed by atoms with Crippen LogP contribution in [0.5, 0.6) is 0 Å². The van der Waals surface area contributed by atoms with Gasteiger partial charge < -0.3 is 4.90 Å². The van der Waals surface area contributed by atoms with E-state index in [4.69, 9.17) is 11.6 Å². The molecule has 1 aromatic rings. The summed E-state index contributed by atoms with van der Waals surface area (Å²) in [5.41, 5.74) is 0.755. The Hall–Kier alpha value is -0.803. The van der Waals surface area contributed by atoms with E-state index >= 15 is 0 Å². The molecule has 0 N–H and O–H groups in total. The van der Waals surface area contributed by atoms with Crippen LogP contribution in [0.2, 0.25) is 24.7 Å². The SMILES string of the molecule is C[Si](C)(C)c1cccc(Cl)c1C(=O)N1CCCCC1. The first kappa shape index (κ1) is 14.6. The normalized spacial score (nSPS) is 16.5. The number of rotatable bonds is 2. The second-order valence-electron chi connectivity index (χ2n) is 6.27. The molecule has 1 saturated heterocycles. The minimum Gasteiger partial charge on any atom is -0.339 e. The van der Waals surface area contributed by atoms with Gasteiger partial charge in [0, 0.05) is 13.1 Å². The quantitative estimate of drug-likeness (QED) is 0.765. The van der Waals surface area contributed by atoms with Gasteiger partial charge in [-0.05, 0) is 30.5 Å². The minimum absolute atomic E-state index is 0.128. The maximum absolute atomic E-state index is 12.8. The fourth-order valence-electron chi connectivity index (χ4n) is 2.62. The number of carbonyl (C=O) groups excluding carboxylic acids is 1. The third kappa shape index (κ3) is 3.21. The fourth-order valence-corrected chi connectivity index (χ4v) is 4.54. The molecule has 0 saturated carbocycles. The molecule has 0 aliphatic carbocycles. The first-order valence-corrected chi connectivity index (χ1v) is 10.9. The van der Waals surface area contributed by atoms with Crippen LogP contribution in [-0.4, -0.2) is 32.0 Å². The summed E-state index contributed by atoms with van der Waals surface area (Å²) in [6.45, 7) is 8.51. The third-order valence-corrected chi connectivity index (χ3v) is 6.03. The van der Waals surface area contributed by atoms with Crippen molar-refractivity contribution >= 4 is 30.8 Å². The van der Waals surface area contributed by atoms with E-state index in [9.17, 15) is 4.79 Å². The number of benzene rings is 1. The van der Waals surface area contributed by atoms with Crippen molar-refractivity contribution in [3.05, 3.63) is 28.8 Å². The van der Waals surface area contributed by atoms with Gasteiger partial charge in [-0.2, -0.15) is 0 Å². The second-order valence-corrected chi connectivity index (χ2v) is 11.7. The number of amides is 1. The third-order valence-electron chi connectivity index (χ3n) is 3.68. The summed E-state index contributed by atoms with van der Waals surface area (Å²) < 4.78 is 0. The van der Waals surface area contributed by atoms with Crippen molar-refractivity contribution in [2.45, 2.75) is 38.9 Å². The van der Waals surface area contributed by atoms with Gasteiger partial charge >= 0.3 is 0 Å². The summed E-state index contributed by atoms with van der Waals surface area (Å²) in [7, 11) is -1.57. The van der Waals surface area contributed by atoms with Gasteiger partial charge in [0.25, 0.3) is 5.91 Å². The molecular weight excluding hydrogens is 274 g/mol. The van der Waals surface area contributed by atoms with Crippen molar-refractivity contribution in [3.8, 4) is 0 Å². The molecule has 0 bridgehead atoms. The number of halogens is 1. The van der Waals surface area contributed by atoms with Gasteiger partial charge in [0.2, 0.25) is 0 Å². The first-order valence-electron chi connectivity index (χ1n) is 6.99. The van der Waals surface area contributed by atoms with Crippen LogP contribution < -0.4 is 5.19 Å². The smallest absolute Gasteiger partial charge is 0.255 e. The van der Waals surface area contributed by atoms with Gasteiger partial charge in [-0.15, -0.1) is 0 Å². The number of hydrogen-bond donors (Lipinski definition) is 0. The van der Waals surface area contributed by atoms with E-state index in [1.807, 2.05) is 17.0 Å².